The largest absolute Gasteiger partial charge is 0.325 e. The summed E-state index contributed by atoms with van der Waals surface area (Å²) in [6.07, 6.45) is 5.04. The Morgan fingerprint density at radius 3 is 2.73 bits per heavy atom. The third-order valence-electron chi connectivity index (χ3n) is 2.97. The van der Waals surface area contributed by atoms with Gasteiger partial charge in [0.25, 0.3) is 5.56 Å². The van der Waals surface area contributed by atoms with E-state index in [1.54, 1.807) is 31.5 Å². The molecule has 0 unspecified atom stereocenters. The quantitative estimate of drug-likeness (QED) is 0.525. The number of hydrogen-bond donors (Lipinski definition) is 3. The highest BCUT2D eigenvalue weighted by atomic mass is 16.2. The first-order valence-electron chi connectivity index (χ1n) is 6.60. The van der Waals surface area contributed by atoms with Gasteiger partial charge in [-0.1, -0.05) is 0 Å². The Morgan fingerprint density at radius 1 is 1.32 bits per heavy atom. The van der Waals surface area contributed by atoms with Gasteiger partial charge in [0.15, 0.2) is 0 Å². The summed E-state index contributed by atoms with van der Waals surface area (Å²) in [6, 6.07) is 3.50. The van der Waals surface area contributed by atoms with Gasteiger partial charge in [-0.3, -0.25) is 19.6 Å². The number of pyridine rings is 1. The molecule has 0 fully saturated rings. The van der Waals surface area contributed by atoms with Crippen LogP contribution in [0.2, 0.25) is 0 Å². The van der Waals surface area contributed by atoms with Gasteiger partial charge in [0, 0.05) is 30.1 Å². The lowest BCUT2D eigenvalue weighted by atomic mass is 10.1. The maximum atomic E-state index is 11.7. The molecular formula is C14H15N5O3. The van der Waals surface area contributed by atoms with Gasteiger partial charge < -0.3 is 4.98 Å². The highest BCUT2D eigenvalue weighted by molar-refractivity contribution is 5.82. The molecule has 0 saturated heterocycles. The maximum absolute atomic E-state index is 11.7. The predicted octanol–water partition coefficient (Wildman–Crippen LogP) is -0.150. The van der Waals surface area contributed by atoms with Crippen molar-refractivity contribution >= 4 is 12.1 Å². The van der Waals surface area contributed by atoms with Crippen molar-refractivity contribution in [2.45, 2.75) is 19.8 Å². The van der Waals surface area contributed by atoms with Crippen LogP contribution >= 0.6 is 0 Å². The van der Waals surface area contributed by atoms with Crippen LogP contribution in [0.4, 0.5) is 0 Å². The summed E-state index contributed by atoms with van der Waals surface area (Å²) < 4.78 is 0. The summed E-state index contributed by atoms with van der Waals surface area (Å²) in [5.74, 6) is -0.324. The predicted molar refractivity (Wildman–Crippen MR) is 80.7 cm³/mol. The molecule has 114 valence electrons. The van der Waals surface area contributed by atoms with Crippen molar-refractivity contribution < 1.29 is 4.79 Å². The average molecular weight is 301 g/mol. The molecule has 8 heteroatoms. The van der Waals surface area contributed by atoms with Crippen LogP contribution < -0.4 is 16.7 Å². The van der Waals surface area contributed by atoms with Crippen LogP contribution in [-0.2, 0) is 11.2 Å². The minimum Gasteiger partial charge on any atom is -0.311 e. The van der Waals surface area contributed by atoms with E-state index in [9.17, 15) is 14.4 Å². The van der Waals surface area contributed by atoms with E-state index in [1.807, 2.05) is 0 Å². The van der Waals surface area contributed by atoms with E-state index in [2.05, 4.69) is 25.5 Å². The van der Waals surface area contributed by atoms with Crippen LogP contribution in [0.5, 0.6) is 0 Å². The first-order valence-corrected chi connectivity index (χ1v) is 6.60. The lowest BCUT2D eigenvalue weighted by Gasteiger charge is -2.03. The standard InChI is InChI=1S/C14H15N5O3/c1-9-11(13(21)18-14(22)17-9)2-3-12(20)19-16-8-10-4-6-15-7-5-10/h4-8H,2-3H2,1H3,(H,19,20)(H2,17,18,21,22)/b16-8+. The van der Waals surface area contributed by atoms with Gasteiger partial charge in [-0.2, -0.15) is 5.10 Å². The second-order valence-corrected chi connectivity index (χ2v) is 4.59. The van der Waals surface area contributed by atoms with Gasteiger partial charge in [0.1, 0.15) is 0 Å². The molecule has 0 bridgehead atoms. The van der Waals surface area contributed by atoms with Crippen molar-refractivity contribution in [1.29, 1.82) is 0 Å². The number of nitrogens with zero attached hydrogens (tertiary/aromatic N) is 2. The number of H-pyrrole nitrogens is 2. The highest BCUT2D eigenvalue weighted by Crippen LogP contribution is 1.99. The molecule has 3 N–H and O–H groups in total. The van der Waals surface area contributed by atoms with Gasteiger partial charge in [0.2, 0.25) is 5.91 Å². The third-order valence-corrected chi connectivity index (χ3v) is 2.97. The molecule has 8 nitrogen and oxygen atoms in total. The normalized spacial score (nSPS) is 10.8. The Bertz CT molecular complexity index is 792. The number of carbonyl (C=O) groups excluding carboxylic acids is 1. The fourth-order valence-electron chi connectivity index (χ4n) is 1.85. The number of hydrazone groups is 1. The maximum Gasteiger partial charge on any atom is 0.325 e. The molecule has 2 aromatic rings. The van der Waals surface area contributed by atoms with Crippen molar-refractivity contribution in [3.63, 3.8) is 0 Å². The van der Waals surface area contributed by atoms with E-state index in [1.165, 1.54) is 6.21 Å². The van der Waals surface area contributed by atoms with E-state index in [0.29, 0.717) is 11.3 Å². The number of aryl methyl sites for hydroxylation is 1. The minimum absolute atomic E-state index is 0.0870. The molecule has 2 rings (SSSR count). The minimum atomic E-state index is -0.558. The number of hydrogen-bond acceptors (Lipinski definition) is 5. The molecule has 0 aromatic carbocycles. The molecule has 0 spiro atoms. The van der Waals surface area contributed by atoms with Crippen LogP contribution in [0.25, 0.3) is 0 Å². The molecule has 0 radical (unpaired) electrons. The van der Waals surface area contributed by atoms with E-state index in [-0.39, 0.29) is 18.7 Å². The average Bonchev–Trinajstić information content (AvgIpc) is 2.47. The zero-order valence-electron chi connectivity index (χ0n) is 11.9. The molecular weight excluding hydrogens is 286 g/mol. The van der Waals surface area contributed by atoms with Gasteiger partial charge in [-0.05, 0) is 31.0 Å². The Hall–Kier alpha value is -3.03. The van der Waals surface area contributed by atoms with Crippen molar-refractivity contribution in [2.75, 3.05) is 0 Å². The zero-order chi connectivity index (χ0) is 15.9. The highest BCUT2D eigenvalue weighted by Gasteiger charge is 2.08. The van der Waals surface area contributed by atoms with Crippen LogP contribution in [0.3, 0.4) is 0 Å². The fourth-order valence-corrected chi connectivity index (χ4v) is 1.85. The van der Waals surface area contributed by atoms with Crippen LogP contribution in [0, 0.1) is 6.92 Å². The smallest absolute Gasteiger partial charge is 0.311 e. The zero-order valence-corrected chi connectivity index (χ0v) is 11.9. The summed E-state index contributed by atoms with van der Waals surface area (Å²) >= 11 is 0. The van der Waals surface area contributed by atoms with Crippen molar-refractivity contribution in [3.05, 3.63) is 62.2 Å². The lowest BCUT2D eigenvalue weighted by molar-refractivity contribution is -0.121. The fraction of sp³-hybridized carbons (Fsp3) is 0.214. The molecule has 1 amide bonds. The van der Waals surface area contributed by atoms with Gasteiger partial charge in [-0.15, -0.1) is 0 Å². The molecule has 0 aliphatic heterocycles. The Kier molecular flexibility index (Phi) is 4.97. The van der Waals surface area contributed by atoms with E-state index >= 15 is 0 Å². The first kappa shape index (κ1) is 15.4. The number of amides is 1. The lowest BCUT2D eigenvalue weighted by Crippen LogP contribution is -2.28. The molecule has 0 atom stereocenters. The second-order valence-electron chi connectivity index (χ2n) is 4.59. The number of nitrogens with one attached hydrogen (secondary N) is 3. The van der Waals surface area contributed by atoms with Crippen LogP contribution in [0.1, 0.15) is 23.2 Å². The molecule has 2 heterocycles. The SMILES string of the molecule is Cc1[nH]c(=O)[nH]c(=O)c1CCC(=O)N/N=C/c1ccncc1. The summed E-state index contributed by atoms with van der Waals surface area (Å²) in [5.41, 5.74) is 2.99. The molecule has 0 aliphatic carbocycles. The number of rotatable bonds is 5. The number of aromatic nitrogens is 3. The summed E-state index contributed by atoms with van der Waals surface area (Å²) in [5, 5.41) is 3.82. The van der Waals surface area contributed by atoms with E-state index < -0.39 is 11.2 Å². The Morgan fingerprint density at radius 2 is 2.05 bits per heavy atom. The molecule has 2 aromatic heterocycles. The van der Waals surface area contributed by atoms with Crippen LogP contribution in [-0.4, -0.2) is 27.1 Å². The number of carbonyl (C=O) groups is 1. The third kappa shape index (κ3) is 4.23. The van der Waals surface area contributed by atoms with Gasteiger partial charge in [-0.25, -0.2) is 10.2 Å². The monoisotopic (exact) mass is 301 g/mol. The summed E-state index contributed by atoms with van der Waals surface area (Å²) in [4.78, 5) is 42.9. The topological polar surface area (TPSA) is 120 Å². The molecule has 0 saturated carbocycles. The van der Waals surface area contributed by atoms with Crippen molar-refractivity contribution in [3.8, 4) is 0 Å². The molecule has 0 aliphatic rings. The summed E-state index contributed by atoms with van der Waals surface area (Å²) in [6.45, 7) is 1.62. The van der Waals surface area contributed by atoms with E-state index in [4.69, 9.17) is 0 Å². The Balaban J connectivity index is 1.90. The second kappa shape index (κ2) is 7.11. The van der Waals surface area contributed by atoms with Crippen molar-refractivity contribution in [1.82, 2.24) is 20.4 Å². The van der Waals surface area contributed by atoms with Gasteiger partial charge >= 0.3 is 5.69 Å². The van der Waals surface area contributed by atoms with E-state index in [0.717, 1.165) is 5.56 Å². The number of aromatic amines is 2. The summed E-state index contributed by atoms with van der Waals surface area (Å²) in [7, 11) is 0. The van der Waals surface area contributed by atoms with Gasteiger partial charge in [0.05, 0.1) is 6.21 Å². The first-order chi connectivity index (χ1) is 10.6. The van der Waals surface area contributed by atoms with Crippen LogP contribution in [0.15, 0.2) is 39.2 Å². The molecule has 22 heavy (non-hydrogen) atoms. The Labute approximate surface area is 125 Å². The van der Waals surface area contributed by atoms with Crippen molar-refractivity contribution in [2.24, 2.45) is 5.10 Å².